The highest BCUT2D eigenvalue weighted by molar-refractivity contribution is 7.98. The first-order valence-electron chi connectivity index (χ1n) is 4.60. The maximum atomic E-state index is 11.4. The quantitative estimate of drug-likeness (QED) is 0.623. The Morgan fingerprint density at radius 1 is 1.54 bits per heavy atom. The molecule has 0 aromatic rings. The van der Waals surface area contributed by atoms with E-state index < -0.39 is 0 Å². The third-order valence-electron chi connectivity index (χ3n) is 1.87. The van der Waals surface area contributed by atoms with Gasteiger partial charge in [0.2, 0.25) is 5.91 Å². The molecular formula is C9H20N2OS. The maximum absolute atomic E-state index is 11.4. The van der Waals surface area contributed by atoms with E-state index in [1.165, 1.54) is 0 Å². The average Bonchev–Trinajstić information content (AvgIpc) is 2.14. The van der Waals surface area contributed by atoms with Gasteiger partial charge in [-0.2, -0.15) is 11.8 Å². The highest BCUT2D eigenvalue weighted by Crippen LogP contribution is 1.99. The summed E-state index contributed by atoms with van der Waals surface area (Å²) in [4.78, 5) is 13.2. The molecule has 0 aliphatic rings. The zero-order valence-electron chi connectivity index (χ0n) is 8.80. The van der Waals surface area contributed by atoms with Gasteiger partial charge in [0.1, 0.15) is 0 Å². The molecule has 4 heteroatoms. The van der Waals surface area contributed by atoms with Crippen molar-refractivity contribution in [3.63, 3.8) is 0 Å². The van der Waals surface area contributed by atoms with Crippen molar-refractivity contribution in [3.05, 3.63) is 0 Å². The molecule has 0 unspecified atom stereocenters. The lowest BCUT2D eigenvalue weighted by Crippen LogP contribution is -2.29. The fourth-order valence-electron chi connectivity index (χ4n) is 0.998. The zero-order chi connectivity index (χ0) is 10.1. The first kappa shape index (κ1) is 12.8. The molecule has 0 fully saturated rings. The van der Waals surface area contributed by atoms with Crippen molar-refractivity contribution < 1.29 is 4.79 Å². The minimum atomic E-state index is 0.255. The predicted molar refractivity (Wildman–Crippen MR) is 59.2 cm³/mol. The van der Waals surface area contributed by atoms with E-state index in [1.807, 2.05) is 25.3 Å². The lowest BCUT2D eigenvalue weighted by molar-refractivity contribution is -0.129. The first-order chi connectivity index (χ1) is 6.22. The van der Waals surface area contributed by atoms with Crippen LogP contribution in [-0.4, -0.2) is 50.0 Å². The normalized spacial score (nSPS) is 10.1. The summed E-state index contributed by atoms with van der Waals surface area (Å²) in [6, 6.07) is 0. The number of thioether (sulfide) groups is 1. The van der Waals surface area contributed by atoms with Crippen LogP contribution >= 0.6 is 11.8 Å². The van der Waals surface area contributed by atoms with Gasteiger partial charge in [-0.15, -0.1) is 0 Å². The van der Waals surface area contributed by atoms with Crippen LogP contribution in [0.3, 0.4) is 0 Å². The summed E-state index contributed by atoms with van der Waals surface area (Å²) in [7, 11) is 3.80. The molecule has 1 amide bonds. The van der Waals surface area contributed by atoms with Crippen LogP contribution in [0.25, 0.3) is 0 Å². The van der Waals surface area contributed by atoms with Crippen LogP contribution in [0.5, 0.6) is 0 Å². The van der Waals surface area contributed by atoms with Crippen molar-refractivity contribution in [1.82, 2.24) is 10.2 Å². The molecule has 1 N–H and O–H groups in total. The van der Waals surface area contributed by atoms with E-state index in [1.54, 1.807) is 11.8 Å². The molecular weight excluding hydrogens is 184 g/mol. The molecule has 0 radical (unpaired) electrons. The summed E-state index contributed by atoms with van der Waals surface area (Å²) in [5.41, 5.74) is 0. The summed E-state index contributed by atoms with van der Waals surface area (Å²) >= 11 is 1.72. The third-order valence-corrected chi connectivity index (χ3v) is 2.48. The van der Waals surface area contributed by atoms with Gasteiger partial charge in [-0.25, -0.2) is 0 Å². The molecule has 0 aromatic carbocycles. The number of nitrogens with one attached hydrogen (secondary N) is 1. The Bertz CT molecular complexity index is 142. The highest BCUT2D eigenvalue weighted by Gasteiger charge is 2.06. The van der Waals surface area contributed by atoms with E-state index >= 15 is 0 Å². The number of rotatable bonds is 7. The molecule has 0 bridgehead atoms. The Kier molecular flexibility index (Phi) is 8.24. The fourth-order valence-corrected chi connectivity index (χ4v) is 1.38. The summed E-state index contributed by atoms with van der Waals surface area (Å²) in [6.45, 7) is 1.83. The van der Waals surface area contributed by atoms with Crippen molar-refractivity contribution in [3.8, 4) is 0 Å². The molecule has 0 aliphatic carbocycles. The molecule has 0 atom stereocenters. The van der Waals surface area contributed by atoms with Crippen molar-refractivity contribution in [2.45, 2.75) is 12.8 Å². The lowest BCUT2D eigenvalue weighted by Gasteiger charge is -2.16. The van der Waals surface area contributed by atoms with Crippen LogP contribution in [0.15, 0.2) is 0 Å². The average molecular weight is 204 g/mol. The van der Waals surface area contributed by atoms with Gasteiger partial charge in [-0.1, -0.05) is 0 Å². The predicted octanol–water partition coefficient (Wildman–Crippen LogP) is 0.807. The van der Waals surface area contributed by atoms with Crippen LogP contribution < -0.4 is 5.32 Å². The van der Waals surface area contributed by atoms with Gasteiger partial charge in [-0.05, 0) is 26.3 Å². The van der Waals surface area contributed by atoms with E-state index in [0.717, 1.165) is 25.3 Å². The molecule has 0 saturated carbocycles. The standard InChI is InChI=1S/C9H20N2OS/c1-10-6-4-7-11(2)9(12)5-8-13-3/h10H,4-8H2,1-3H3. The zero-order valence-corrected chi connectivity index (χ0v) is 9.62. The van der Waals surface area contributed by atoms with Crippen LogP contribution in [0.1, 0.15) is 12.8 Å². The van der Waals surface area contributed by atoms with Gasteiger partial charge in [0.15, 0.2) is 0 Å². The number of carbonyl (C=O) groups excluding carboxylic acids is 1. The monoisotopic (exact) mass is 204 g/mol. The molecule has 0 spiro atoms. The van der Waals surface area contributed by atoms with Crippen LogP contribution in [0, 0.1) is 0 Å². The second-order valence-corrected chi connectivity index (χ2v) is 4.00. The Labute approximate surface area is 85.3 Å². The third kappa shape index (κ3) is 6.90. The largest absolute Gasteiger partial charge is 0.346 e. The minimum Gasteiger partial charge on any atom is -0.346 e. The van der Waals surface area contributed by atoms with Crippen molar-refractivity contribution in [2.24, 2.45) is 0 Å². The Hall–Kier alpha value is -0.220. The van der Waals surface area contributed by atoms with E-state index in [-0.39, 0.29) is 5.91 Å². The minimum absolute atomic E-state index is 0.255. The summed E-state index contributed by atoms with van der Waals surface area (Å²) in [6.07, 6.45) is 3.71. The Morgan fingerprint density at radius 2 is 2.23 bits per heavy atom. The van der Waals surface area contributed by atoms with E-state index in [9.17, 15) is 4.79 Å². The van der Waals surface area contributed by atoms with Crippen LogP contribution in [0.4, 0.5) is 0 Å². The first-order valence-corrected chi connectivity index (χ1v) is 5.99. The highest BCUT2D eigenvalue weighted by atomic mass is 32.2. The van der Waals surface area contributed by atoms with Crippen molar-refractivity contribution in [2.75, 3.05) is 39.2 Å². The van der Waals surface area contributed by atoms with Crippen molar-refractivity contribution >= 4 is 17.7 Å². The number of nitrogens with zero attached hydrogens (tertiary/aromatic N) is 1. The SMILES string of the molecule is CNCCCN(C)C(=O)CCSC. The molecule has 0 rings (SSSR count). The van der Waals surface area contributed by atoms with Crippen LogP contribution in [0.2, 0.25) is 0 Å². The van der Waals surface area contributed by atoms with Gasteiger partial charge in [0, 0.05) is 25.8 Å². The summed E-state index contributed by atoms with van der Waals surface area (Å²) in [5.74, 6) is 1.18. The summed E-state index contributed by atoms with van der Waals surface area (Å²) in [5, 5.41) is 3.06. The molecule has 0 aliphatic heterocycles. The van der Waals surface area contributed by atoms with Crippen molar-refractivity contribution in [1.29, 1.82) is 0 Å². The Morgan fingerprint density at radius 3 is 2.77 bits per heavy atom. The van der Waals surface area contributed by atoms with Crippen LogP contribution in [-0.2, 0) is 4.79 Å². The van der Waals surface area contributed by atoms with E-state index in [2.05, 4.69) is 5.32 Å². The molecule has 0 aromatic heterocycles. The number of hydrogen-bond donors (Lipinski definition) is 1. The van der Waals surface area contributed by atoms with Gasteiger partial charge in [0.25, 0.3) is 0 Å². The second kappa shape index (κ2) is 8.38. The van der Waals surface area contributed by atoms with Gasteiger partial charge >= 0.3 is 0 Å². The Balaban J connectivity index is 3.45. The number of hydrogen-bond acceptors (Lipinski definition) is 3. The van der Waals surface area contributed by atoms with E-state index in [4.69, 9.17) is 0 Å². The smallest absolute Gasteiger partial charge is 0.223 e. The number of carbonyl (C=O) groups is 1. The topological polar surface area (TPSA) is 32.3 Å². The fraction of sp³-hybridized carbons (Fsp3) is 0.889. The molecule has 0 heterocycles. The lowest BCUT2D eigenvalue weighted by atomic mass is 10.3. The molecule has 78 valence electrons. The molecule has 0 saturated heterocycles. The molecule has 13 heavy (non-hydrogen) atoms. The maximum Gasteiger partial charge on any atom is 0.223 e. The molecule has 3 nitrogen and oxygen atoms in total. The van der Waals surface area contributed by atoms with Gasteiger partial charge in [-0.3, -0.25) is 4.79 Å². The summed E-state index contributed by atoms with van der Waals surface area (Å²) < 4.78 is 0. The van der Waals surface area contributed by atoms with Gasteiger partial charge < -0.3 is 10.2 Å². The number of amides is 1. The van der Waals surface area contributed by atoms with E-state index in [0.29, 0.717) is 6.42 Å². The van der Waals surface area contributed by atoms with Gasteiger partial charge in [0.05, 0.1) is 0 Å². The second-order valence-electron chi connectivity index (χ2n) is 3.02.